The van der Waals surface area contributed by atoms with Gasteiger partial charge < -0.3 is 10.6 Å². The Morgan fingerprint density at radius 2 is 2.30 bits per heavy atom. The Labute approximate surface area is 126 Å². The van der Waals surface area contributed by atoms with E-state index < -0.39 is 0 Å². The third-order valence-electron chi connectivity index (χ3n) is 2.50. The lowest BCUT2D eigenvalue weighted by Gasteiger charge is -2.08. The van der Waals surface area contributed by atoms with E-state index in [0.29, 0.717) is 17.4 Å². The smallest absolute Gasteiger partial charge is 0.271 e. The molecule has 1 amide bonds. The van der Waals surface area contributed by atoms with Crippen molar-refractivity contribution >= 4 is 34.7 Å². The summed E-state index contributed by atoms with van der Waals surface area (Å²) in [5.74, 6) is 0.348. The van der Waals surface area contributed by atoms with Gasteiger partial charge in [-0.15, -0.1) is 11.3 Å². The van der Waals surface area contributed by atoms with Crippen LogP contribution in [0.25, 0.3) is 0 Å². The van der Waals surface area contributed by atoms with E-state index in [9.17, 15) is 4.79 Å². The van der Waals surface area contributed by atoms with Crippen LogP contribution in [0.15, 0.2) is 23.7 Å². The minimum atomic E-state index is -0.301. The average Bonchev–Trinajstić information content (AvgIpc) is 2.97. The molecule has 0 aliphatic heterocycles. The number of aromatic nitrogens is 2. The Balaban J connectivity index is 2.04. The highest BCUT2D eigenvalue weighted by molar-refractivity contribution is 7.09. The number of anilines is 1. The maximum absolute atomic E-state index is 12.1. The van der Waals surface area contributed by atoms with Crippen LogP contribution in [0.5, 0.6) is 0 Å². The van der Waals surface area contributed by atoms with Crippen molar-refractivity contribution in [2.75, 3.05) is 11.9 Å². The van der Waals surface area contributed by atoms with Crippen molar-refractivity contribution in [2.45, 2.75) is 19.9 Å². The first-order chi connectivity index (χ1) is 9.70. The van der Waals surface area contributed by atoms with Crippen LogP contribution in [-0.4, -0.2) is 22.4 Å². The summed E-state index contributed by atoms with van der Waals surface area (Å²) in [6.45, 7) is 3.24. The summed E-state index contributed by atoms with van der Waals surface area (Å²) < 4.78 is 0. The van der Waals surface area contributed by atoms with E-state index in [4.69, 9.17) is 11.6 Å². The topological polar surface area (TPSA) is 66.9 Å². The van der Waals surface area contributed by atoms with Gasteiger partial charge >= 0.3 is 0 Å². The van der Waals surface area contributed by atoms with Gasteiger partial charge in [-0.05, 0) is 18.6 Å². The van der Waals surface area contributed by atoms with Crippen LogP contribution < -0.4 is 10.6 Å². The molecule has 2 heterocycles. The summed E-state index contributed by atoms with van der Waals surface area (Å²) in [6, 6.07) is 3.43. The summed E-state index contributed by atoms with van der Waals surface area (Å²) in [7, 11) is 0. The fourth-order valence-corrected chi connectivity index (χ4v) is 2.28. The summed E-state index contributed by atoms with van der Waals surface area (Å²) in [5.41, 5.74) is 0.226. The van der Waals surface area contributed by atoms with E-state index >= 15 is 0 Å². The van der Waals surface area contributed by atoms with Crippen LogP contribution in [-0.2, 0) is 6.54 Å². The predicted molar refractivity (Wildman–Crippen MR) is 81.3 cm³/mol. The van der Waals surface area contributed by atoms with E-state index in [1.807, 2.05) is 5.38 Å². The molecule has 2 aromatic heterocycles. The van der Waals surface area contributed by atoms with Crippen LogP contribution >= 0.6 is 22.9 Å². The molecule has 2 N–H and O–H groups in total. The van der Waals surface area contributed by atoms with Gasteiger partial charge in [0.15, 0.2) is 0 Å². The van der Waals surface area contributed by atoms with Gasteiger partial charge in [0.2, 0.25) is 0 Å². The third-order valence-corrected chi connectivity index (χ3v) is 3.59. The predicted octanol–water partition coefficient (Wildman–Crippen LogP) is 2.94. The highest BCUT2D eigenvalue weighted by Crippen LogP contribution is 2.17. The van der Waals surface area contributed by atoms with Crippen molar-refractivity contribution < 1.29 is 4.79 Å². The van der Waals surface area contributed by atoms with Crippen molar-refractivity contribution in [3.05, 3.63) is 39.4 Å². The largest absolute Gasteiger partial charge is 0.370 e. The molecular weight excluding hydrogens is 296 g/mol. The monoisotopic (exact) mass is 310 g/mol. The molecule has 2 aromatic rings. The molecule has 0 radical (unpaired) electrons. The Kier molecular flexibility index (Phi) is 5.31. The van der Waals surface area contributed by atoms with Gasteiger partial charge in [-0.25, -0.2) is 9.97 Å². The van der Waals surface area contributed by atoms with Crippen LogP contribution in [0.1, 0.15) is 28.8 Å². The molecule has 0 bridgehead atoms. The molecule has 0 aromatic carbocycles. The van der Waals surface area contributed by atoms with Gasteiger partial charge in [0.05, 0.1) is 11.6 Å². The zero-order valence-electron chi connectivity index (χ0n) is 11.0. The van der Waals surface area contributed by atoms with Crippen molar-refractivity contribution in [3.8, 4) is 0 Å². The van der Waals surface area contributed by atoms with E-state index in [1.54, 1.807) is 18.3 Å². The summed E-state index contributed by atoms with van der Waals surface area (Å²) in [5, 5.41) is 8.93. The maximum Gasteiger partial charge on any atom is 0.271 e. The number of rotatable bonds is 6. The molecule has 0 saturated carbocycles. The lowest BCUT2D eigenvalue weighted by molar-refractivity contribution is 0.0946. The van der Waals surface area contributed by atoms with Crippen molar-refractivity contribution in [2.24, 2.45) is 0 Å². The normalized spacial score (nSPS) is 10.3. The van der Waals surface area contributed by atoms with E-state index in [1.165, 1.54) is 11.3 Å². The number of thiazole rings is 1. The first kappa shape index (κ1) is 14.7. The molecule has 7 heteroatoms. The molecule has 0 atom stereocenters. The fourth-order valence-electron chi connectivity index (χ4n) is 1.53. The number of amides is 1. The van der Waals surface area contributed by atoms with Gasteiger partial charge in [0, 0.05) is 18.1 Å². The van der Waals surface area contributed by atoms with Crippen LogP contribution in [0.3, 0.4) is 0 Å². The van der Waals surface area contributed by atoms with Gasteiger partial charge in [-0.1, -0.05) is 18.5 Å². The van der Waals surface area contributed by atoms with Crippen LogP contribution in [0.4, 0.5) is 5.82 Å². The fraction of sp³-hybridized carbons (Fsp3) is 0.308. The second-order valence-electron chi connectivity index (χ2n) is 4.06. The number of nitrogens with zero attached hydrogens (tertiary/aromatic N) is 2. The highest BCUT2D eigenvalue weighted by atomic mass is 35.5. The SMILES string of the molecule is CCCNc1ccc(Cl)c(C(=O)NCc2nccs2)n1. The standard InChI is InChI=1S/C13H15ClN4OS/c1-2-5-15-10-4-3-9(14)12(18-10)13(19)17-8-11-16-6-7-20-11/h3-4,6-7H,2,5,8H2,1H3,(H,15,18)(H,17,19). The zero-order chi connectivity index (χ0) is 14.4. The second-order valence-corrected chi connectivity index (χ2v) is 5.45. The van der Waals surface area contributed by atoms with Gasteiger partial charge in [-0.2, -0.15) is 0 Å². The molecular formula is C13H15ClN4OS. The number of hydrogen-bond donors (Lipinski definition) is 2. The zero-order valence-corrected chi connectivity index (χ0v) is 12.6. The Hall–Kier alpha value is -1.66. The van der Waals surface area contributed by atoms with E-state index in [0.717, 1.165) is 18.0 Å². The Bertz CT molecular complexity index is 574. The summed E-state index contributed by atoms with van der Waals surface area (Å²) >= 11 is 7.51. The number of nitrogens with one attached hydrogen (secondary N) is 2. The molecule has 0 aliphatic rings. The lowest BCUT2D eigenvalue weighted by Crippen LogP contribution is -2.24. The molecule has 0 saturated heterocycles. The molecule has 20 heavy (non-hydrogen) atoms. The molecule has 0 spiro atoms. The Morgan fingerprint density at radius 1 is 1.45 bits per heavy atom. The molecule has 5 nitrogen and oxygen atoms in total. The minimum Gasteiger partial charge on any atom is -0.370 e. The molecule has 0 unspecified atom stereocenters. The second kappa shape index (κ2) is 7.21. The first-order valence-corrected chi connectivity index (χ1v) is 7.53. The van der Waals surface area contributed by atoms with Crippen LogP contribution in [0, 0.1) is 0 Å². The quantitative estimate of drug-likeness (QED) is 0.861. The molecule has 0 aliphatic carbocycles. The van der Waals surface area contributed by atoms with Gasteiger partial charge in [-0.3, -0.25) is 4.79 Å². The van der Waals surface area contributed by atoms with Crippen molar-refractivity contribution in [1.29, 1.82) is 0 Å². The molecule has 0 fully saturated rings. The van der Waals surface area contributed by atoms with Gasteiger partial charge in [0.25, 0.3) is 5.91 Å². The van der Waals surface area contributed by atoms with Crippen LogP contribution in [0.2, 0.25) is 5.02 Å². The number of pyridine rings is 1. The van der Waals surface area contributed by atoms with Crippen molar-refractivity contribution in [3.63, 3.8) is 0 Å². The number of halogens is 1. The minimum absolute atomic E-state index is 0.226. The average molecular weight is 311 g/mol. The number of carbonyl (C=O) groups is 1. The maximum atomic E-state index is 12.1. The Morgan fingerprint density at radius 3 is 3.00 bits per heavy atom. The third kappa shape index (κ3) is 3.91. The summed E-state index contributed by atoms with van der Waals surface area (Å²) in [4.78, 5) is 20.4. The highest BCUT2D eigenvalue weighted by Gasteiger charge is 2.13. The lowest BCUT2D eigenvalue weighted by atomic mass is 10.3. The summed E-state index contributed by atoms with van der Waals surface area (Å²) in [6.07, 6.45) is 2.68. The first-order valence-electron chi connectivity index (χ1n) is 6.27. The van der Waals surface area contributed by atoms with E-state index in [-0.39, 0.29) is 11.6 Å². The van der Waals surface area contributed by atoms with E-state index in [2.05, 4.69) is 27.5 Å². The molecule has 106 valence electrons. The molecule has 2 rings (SSSR count). The number of carbonyl (C=O) groups excluding carboxylic acids is 1. The van der Waals surface area contributed by atoms with Gasteiger partial charge in [0.1, 0.15) is 16.5 Å². The number of hydrogen-bond acceptors (Lipinski definition) is 5. The van der Waals surface area contributed by atoms with Crippen molar-refractivity contribution in [1.82, 2.24) is 15.3 Å².